The number of nitrogens with zero attached hydrogens (tertiary/aromatic N) is 1. The van der Waals surface area contributed by atoms with Crippen molar-refractivity contribution in [3.63, 3.8) is 0 Å². The second-order valence-corrected chi connectivity index (χ2v) is 7.71. The predicted molar refractivity (Wildman–Crippen MR) is 112 cm³/mol. The van der Waals surface area contributed by atoms with Crippen LogP contribution in [0.4, 0.5) is 0 Å². The van der Waals surface area contributed by atoms with Crippen LogP contribution in [0.15, 0.2) is 52.7 Å². The van der Waals surface area contributed by atoms with Crippen molar-refractivity contribution in [3.8, 4) is 5.75 Å². The van der Waals surface area contributed by atoms with E-state index in [1.165, 1.54) is 23.2 Å². The number of ketones is 1. The molecule has 2 saturated heterocycles. The number of morpholine rings is 1. The number of nitrogens with one attached hydrogen (secondary N) is 1. The van der Waals surface area contributed by atoms with Gasteiger partial charge in [-0.25, -0.2) is 0 Å². The van der Waals surface area contributed by atoms with Gasteiger partial charge in [-0.05, 0) is 24.3 Å². The second-order valence-electron chi connectivity index (χ2n) is 7.71. The summed E-state index contributed by atoms with van der Waals surface area (Å²) in [6.07, 6.45) is 2.23. The zero-order valence-corrected chi connectivity index (χ0v) is 17.5. The molecule has 164 valence electrons. The third kappa shape index (κ3) is 4.35. The highest BCUT2D eigenvalue weighted by Crippen LogP contribution is 2.39. The number of methoxy groups -OCH3 is 1. The lowest BCUT2D eigenvalue weighted by Crippen LogP contribution is -3.14. The third-order valence-corrected chi connectivity index (χ3v) is 5.83. The van der Waals surface area contributed by atoms with E-state index in [-0.39, 0.29) is 11.3 Å². The number of carbonyl (C=O) groups excluding carboxylic acids is 2. The van der Waals surface area contributed by atoms with Crippen LogP contribution in [0, 0.1) is 0 Å². The Morgan fingerprint density at radius 1 is 1.23 bits per heavy atom. The Morgan fingerprint density at radius 2 is 2.03 bits per heavy atom. The standard InChI is InChI=1S/C23H26N2O6/c1-29-17-6-2-5-16(15-17)21(26)19-20(18-7-3-12-31-18)25(23(28)22(19)27)9-4-8-24-10-13-30-14-11-24/h2-3,5-7,12,15,20,26H,4,8-11,13-14H2,1H3/p+1. The Balaban J connectivity index is 1.63. The summed E-state index contributed by atoms with van der Waals surface area (Å²) in [5, 5.41) is 11.0. The van der Waals surface area contributed by atoms with Crippen molar-refractivity contribution < 1.29 is 33.5 Å². The Kier molecular flexibility index (Phi) is 6.39. The van der Waals surface area contributed by atoms with Crippen molar-refractivity contribution in [1.29, 1.82) is 0 Å². The van der Waals surface area contributed by atoms with E-state index in [0.29, 0.717) is 23.6 Å². The third-order valence-electron chi connectivity index (χ3n) is 5.83. The smallest absolute Gasteiger partial charge is 0.295 e. The van der Waals surface area contributed by atoms with Gasteiger partial charge in [-0.1, -0.05) is 12.1 Å². The van der Waals surface area contributed by atoms with E-state index >= 15 is 0 Å². The summed E-state index contributed by atoms with van der Waals surface area (Å²) in [7, 11) is 1.53. The van der Waals surface area contributed by atoms with Gasteiger partial charge in [-0.3, -0.25) is 9.59 Å². The average molecular weight is 427 g/mol. The molecule has 1 amide bonds. The number of rotatable bonds is 7. The van der Waals surface area contributed by atoms with Crippen LogP contribution >= 0.6 is 0 Å². The van der Waals surface area contributed by atoms with E-state index in [1.807, 2.05) is 0 Å². The maximum atomic E-state index is 13.0. The first kappa shape index (κ1) is 21.1. The number of hydrogen-bond acceptors (Lipinski definition) is 6. The summed E-state index contributed by atoms with van der Waals surface area (Å²) in [4.78, 5) is 28.8. The van der Waals surface area contributed by atoms with E-state index < -0.39 is 17.7 Å². The Bertz CT molecular complexity index is 962. The monoisotopic (exact) mass is 427 g/mol. The molecule has 1 unspecified atom stereocenters. The minimum atomic E-state index is -0.763. The van der Waals surface area contributed by atoms with E-state index in [0.717, 1.165) is 39.3 Å². The van der Waals surface area contributed by atoms with E-state index in [4.69, 9.17) is 13.9 Å². The molecule has 0 radical (unpaired) electrons. The number of furan rings is 1. The highest BCUT2D eigenvalue weighted by molar-refractivity contribution is 6.46. The first-order valence-electron chi connectivity index (χ1n) is 10.5. The fourth-order valence-electron chi connectivity index (χ4n) is 4.19. The van der Waals surface area contributed by atoms with E-state index in [2.05, 4.69) is 0 Å². The number of Topliss-reactive ketones (excluding diaryl/α,β-unsaturated/α-hetero) is 1. The molecule has 2 N–H and O–H groups in total. The number of aliphatic hydroxyl groups excluding tert-OH is 1. The van der Waals surface area contributed by atoms with Crippen LogP contribution in [0.3, 0.4) is 0 Å². The van der Waals surface area contributed by atoms with Crippen molar-refractivity contribution in [3.05, 3.63) is 59.6 Å². The lowest BCUT2D eigenvalue weighted by Gasteiger charge is -2.26. The van der Waals surface area contributed by atoms with Crippen molar-refractivity contribution in [1.82, 2.24) is 4.90 Å². The summed E-state index contributed by atoms with van der Waals surface area (Å²) in [6, 6.07) is 9.43. The topological polar surface area (TPSA) is 93.7 Å². The SMILES string of the molecule is COc1cccc(C(O)=C2C(=O)C(=O)N(CCC[NH+]3CCOCC3)C2c2ccco2)c1. The van der Waals surface area contributed by atoms with Gasteiger partial charge in [0.1, 0.15) is 36.4 Å². The van der Waals surface area contributed by atoms with Gasteiger partial charge in [0.25, 0.3) is 11.7 Å². The van der Waals surface area contributed by atoms with Gasteiger partial charge in [0, 0.05) is 18.5 Å². The van der Waals surface area contributed by atoms with Crippen LogP contribution in [0.1, 0.15) is 23.8 Å². The molecular formula is C23H27N2O6+. The number of hydrogen-bond donors (Lipinski definition) is 2. The van der Waals surface area contributed by atoms with Crippen LogP contribution in [0.5, 0.6) is 5.75 Å². The minimum absolute atomic E-state index is 0.0342. The van der Waals surface area contributed by atoms with Gasteiger partial charge < -0.3 is 28.8 Å². The molecule has 2 aliphatic rings. The van der Waals surface area contributed by atoms with Crippen molar-refractivity contribution in [2.24, 2.45) is 0 Å². The van der Waals surface area contributed by atoms with Gasteiger partial charge in [0.05, 0.1) is 38.7 Å². The molecule has 2 aliphatic heterocycles. The number of likely N-dealkylation sites (tertiary alicyclic amines) is 1. The largest absolute Gasteiger partial charge is 0.507 e. The molecule has 31 heavy (non-hydrogen) atoms. The summed E-state index contributed by atoms with van der Waals surface area (Å²) < 4.78 is 16.2. The highest BCUT2D eigenvalue weighted by atomic mass is 16.5. The Morgan fingerprint density at radius 3 is 2.74 bits per heavy atom. The zero-order chi connectivity index (χ0) is 21.8. The fraction of sp³-hybridized carbons (Fsp3) is 0.391. The molecule has 1 aromatic carbocycles. The molecule has 0 bridgehead atoms. The molecule has 2 fully saturated rings. The molecular weight excluding hydrogens is 400 g/mol. The van der Waals surface area contributed by atoms with Gasteiger partial charge in [-0.15, -0.1) is 0 Å². The predicted octanol–water partition coefficient (Wildman–Crippen LogP) is 1.02. The second kappa shape index (κ2) is 9.36. The molecule has 0 spiro atoms. The normalized spacial score (nSPS) is 21.6. The molecule has 4 rings (SSSR count). The lowest BCUT2D eigenvalue weighted by atomic mass is 9.99. The van der Waals surface area contributed by atoms with Crippen molar-refractivity contribution in [2.45, 2.75) is 12.5 Å². The van der Waals surface area contributed by atoms with Gasteiger partial charge in [0.15, 0.2) is 0 Å². The minimum Gasteiger partial charge on any atom is -0.507 e. The fourth-order valence-corrected chi connectivity index (χ4v) is 4.19. The maximum absolute atomic E-state index is 13.0. The van der Waals surface area contributed by atoms with Gasteiger partial charge in [0.2, 0.25) is 0 Å². The van der Waals surface area contributed by atoms with Gasteiger partial charge in [-0.2, -0.15) is 0 Å². The summed E-state index contributed by atoms with van der Waals surface area (Å²) in [5.41, 5.74) is 0.443. The number of aliphatic hydroxyl groups is 1. The number of amides is 1. The molecule has 3 heterocycles. The van der Waals surface area contributed by atoms with Crippen LogP contribution in [0.25, 0.3) is 5.76 Å². The van der Waals surface area contributed by atoms with Crippen LogP contribution in [0.2, 0.25) is 0 Å². The molecule has 1 aromatic heterocycles. The zero-order valence-electron chi connectivity index (χ0n) is 17.5. The molecule has 1 atom stereocenters. The Labute approximate surface area is 180 Å². The maximum Gasteiger partial charge on any atom is 0.295 e. The molecule has 2 aromatic rings. The number of quaternary nitrogens is 1. The summed E-state index contributed by atoms with van der Waals surface area (Å²) in [6.45, 7) is 4.65. The molecule has 0 aliphatic carbocycles. The number of benzene rings is 1. The molecule has 8 heteroatoms. The quantitative estimate of drug-likeness (QED) is 0.389. The lowest BCUT2D eigenvalue weighted by molar-refractivity contribution is -0.908. The first-order chi connectivity index (χ1) is 15.1. The number of ether oxygens (including phenoxy) is 2. The molecule has 0 saturated carbocycles. The first-order valence-corrected chi connectivity index (χ1v) is 10.5. The van der Waals surface area contributed by atoms with Crippen molar-refractivity contribution in [2.75, 3.05) is 46.5 Å². The van der Waals surface area contributed by atoms with Crippen LogP contribution in [-0.2, 0) is 14.3 Å². The number of carbonyl (C=O) groups is 2. The molecule has 8 nitrogen and oxygen atoms in total. The Hall–Kier alpha value is -3.10. The van der Waals surface area contributed by atoms with Crippen molar-refractivity contribution >= 4 is 17.4 Å². The van der Waals surface area contributed by atoms with E-state index in [1.54, 1.807) is 36.4 Å². The van der Waals surface area contributed by atoms with Gasteiger partial charge >= 0.3 is 0 Å². The summed E-state index contributed by atoms with van der Waals surface area (Å²) >= 11 is 0. The van der Waals surface area contributed by atoms with Crippen LogP contribution < -0.4 is 9.64 Å². The van der Waals surface area contributed by atoms with Crippen LogP contribution in [-0.4, -0.2) is 68.2 Å². The summed E-state index contributed by atoms with van der Waals surface area (Å²) in [5.74, 6) is -0.577. The highest BCUT2D eigenvalue weighted by Gasteiger charge is 2.47. The average Bonchev–Trinajstić information content (AvgIpc) is 3.42. The van der Waals surface area contributed by atoms with E-state index in [9.17, 15) is 14.7 Å².